The molecule has 96 valence electrons. The van der Waals surface area contributed by atoms with Crippen molar-refractivity contribution < 1.29 is 0 Å². The first-order valence-electron chi connectivity index (χ1n) is 5.98. The van der Waals surface area contributed by atoms with Gasteiger partial charge in [0.05, 0.1) is 16.7 Å². The van der Waals surface area contributed by atoms with E-state index in [-0.39, 0.29) is 5.69 Å². The number of aromatic nitrogens is 2. The fourth-order valence-electron chi connectivity index (χ4n) is 2.44. The molecule has 2 aromatic rings. The monoisotopic (exact) mass is 310 g/mol. The van der Waals surface area contributed by atoms with E-state index in [0.29, 0.717) is 6.04 Å². The van der Waals surface area contributed by atoms with Crippen LogP contribution in [0.2, 0.25) is 0 Å². The van der Waals surface area contributed by atoms with Crippen LogP contribution in [0.3, 0.4) is 0 Å². The Bertz CT molecular complexity index is 633. The Balaban J connectivity index is 1.91. The molecule has 0 amide bonds. The molecule has 5 nitrogen and oxygen atoms in total. The molecule has 3 rings (SSSR count). The van der Waals surface area contributed by atoms with Gasteiger partial charge in [-0.3, -0.25) is 0 Å². The van der Waals surface area contributed by atoms with Gasteiger partial charge in [-0.25, -0.2) is 4.79 Å². The van der Waals surface area contributed by atoms with E-state index in [4.69, 9.17) is 0 Å². The molecule has 1 aliphatic heterocycles. The van der Waals surface area contributed by atoms with Crippen molar-refractivity contribution in [2.45, 2.75) is 12.5 Å². The number of fused-ring (bicyclic) bond motifs is 1. The third kappa shape index (κ3) is 2.18. The van der Waals surface area contributed by atoms with Crippen molar-refractivity contribution in [3.05, 3.63) is 27.1 Å². The van der Waals surface area contributed by atoms with Crippen molar-refractivity contribution in [3.63, 3.8) is 0 Å². The number of likely N-dealkylation sites (N-methyl/N-ethyl adjacent to an activating group) is 1. The first-order valence-corrected chi connectivity index (χ1v) is 6.78. The number of halogens is 1. The molecule has 3 N–H and O–H groups in total. The zero-order chi connectivity index (χ0) is 12.7. The number of H-pyrrole nitrogens is 2. The standard InChI is InChI=1S/C12H15BrN4O/c1-17-3-2-7(6-17)14-9-5-11-10(4-8(9)13)15-12(18)16-11/h4-5,7,14H,2-3,6H2,1H3,(H2,15,16,18). The Morgan fingerprint density at radius 1 is 1.39 bits per heavy atom. The molecule has 1 atom stereocenters. The molecule has 18 heavy (non-hydrogen) atoms. The van der Waals surface area contributed by atoms with Gasteiger partial charge in [-0.1, -0.05) is 0 Å². The number of nitrogens with one attached hydrogen (secondary N) is 3. The molecule has 1 saturated heterocycles. The summed E-state index contributed by atoms with van der Waals surface area (Å²) in [5, 5.41) is 3.52. The average molecular weight is 311 g/mol. The Kier molecular flexibility index (Phi) is 2.91. The predicted octanol–water partition coefficient (Wildman–Crippen LogP) is 1.73. The van der Waals surface area contributed by atoms with Crippen LogP contribution in [0, 0.1) is 0 Å². The van der Waals surface area contributed by atoms with E-state index in [2.05, 4.69) is 43.2 Å². The maximum Gasteiger partial charge on any atom is 0.323 e. The Morgan fingerprint density at radius 2 is 2.11 bits per heavy atom. The molecule has 1 fully saturated rings. The number of imidazole rings is 1. The van der Waals surface area contributed by atoms with Gasteiger partial charge in [-0.2, -0.15) is 0 Å². The lowest BCUT2D eigenvalue weighted by Crippen LogP contribution is -2.23. The zero-order valence-corrected chi connectivity index (χ0v) is 11.7. The minimum atomic E-state index is -0.172. The predicted molar refractivity (Wildman–Crippen MR) is 76.1 cm³/mol. The minimum Gasteiger partial charge on any atom is -0.380 e. The normalized spacial score (nSPS) is 20.7. The van der Waals surface area contributed by atoms with Crippen LogP contribution in [0.15, 0.2) is 21.4 Å². The summed E-state index contributed by atoms with van der Waals surface area (Å²) < 4.78 is 0.972. The van der Waals surface area contributed by atoms with Crippen LogP contribution in [0.1, 0.15) is 6.42 Å². The van der Waals surface area contributed by atoms with Gasteiger partial charge in [0.2, 0.25) is 0 Å². The van der Waals surface area contributed by atoms with Gasteiger partial charge < -0.3 is 20.2 Å². The van der Waals surface area contributed by atoms with E-state index >= 15 is 0 Å². The highest BCUT2D eigenvalue weighted by molar-refractivity contribution is 9.10. The highest BCUT2D eigenvalue weighted by atomic mass is 79.9. The highest BCUT2D eigenvalue weighted by Gasteiger charge is 2.20. The lowest BCUT2D eigenvalue weighted by Gasteiger charge is -2.15. The molecule has 6 heteroatoms. The Labute approximate surface area is 113 Å². The number of rotatable bonds is 2. The number of benzene rings is 1. The van der Waals surface area contributed by atoms with Crippen LogP contribution in [0.4, 0.5) is 5.69 Å². The van der Waals surface area contributed by atoms with Crippen LogP contribution in [-0.4, -0.2) is 41.0 Å². The SMILES string of the molecule is CN1CCC(Nc2cc3[nH]c(=O)[nH]c3cc2Br)C1. The van der Waals surface area contributed by atoms with Crippen molar-refractivity contribution >= 4 is 32.7 Å². The smallest absolute Gasteiger partial charge is 0.323 e. The third-order valence-electron chi connectivity index (χ3n) is 3.35. The second-order valence-corrected chi connectivity index (χ2v) is 5.70. The van der Waals surface area contributed by atoms with Crippen LogP contribution < -0.4 is 11.0 Å². The van der Waals surface area contributed by atoms with Crippen molar-refractivity contribution in [2.75, 3.05) is 25.5 Å². The molecular formula is C12H15BrN4O. The lowest BCUT2D eigenvalue weighted by molar-refractivity contribution is 0.414. The molecule has 0 aliphatic carbocycles. The molecule has 0 spiro atoms. The second-order valence-electron chi connectivity index (χ2n) is 4.85. The fourth-order valence-corrected chi connectivity index (χ4v) is 2.90. The molecule has 1 unspecified atom stereocenters. The lowest BCUT2D eigenvalue weighted by atomic mass is 10.2. The van der Waals surface area contributed by atoms with Crippen LogP contribution in [-0.2, 0) is 0 Å². The Morgan fingerprint density at radius 3 is 2.78 bits per heavy atom. The molecule has 1 aromatic carbocycles. The van der Waals surface area contributed by atoms with Crippen molar-refractivity contribution in [1.29, 1.82) is 0 Å². The van der Waals surface area contributed by atoms with Crippen LogP contribution in [0.5, 0.6) is 0 Å². The minimum absolute atomic E-state index is 0.172. The molecule has 0 saturated carbocycles. The van der Waals surface area contributed by atoms with E-state index in [1.807, 2.05) is 12.1 Å². The summed E-state index contributed by atoms with van der Waals surface area (Å²) in [5.74, 6) is 0. The summed E-state index contributed by atoms with van der Waals surface area (Å²) in [5.41, 5.74) is 2.51. The van der Waals surface area contributed by atoms with Gasteiger partial charge in [-0.15, -0.1) is 0 Å². The van der Waals surface area contributed by atoms with Crippen molar-refractivity contribution in [1.82, 2.24) is 14.9 Å². The fraction of sp³-hybridized carbons (Fsp3) is 0.417. The molecular weight excluding hydrogens is 296 g/mol. The average Bonchev–Trinajstić information content (AvgIpc) is 2.85. The van der Waals surface area contributed by atoms with Crippen molar-refractivity contribution in [3.8, 4) is 0 Å². The maximum atomic E-state index is 11.2. The van der Waals surface area contributed by atoms with Gasteiger partial charge in [0.25, 0.3) is 0 Å². The second kappa shape index (κ2) is 4.44. The Hall–Kier alpha value is -1.27. The quantitative estimate of drug-likeness (QED) is 0.791. The zero-order valence-electron chi connectivity index (χ0n) is 10.1. The largest absolute Gasteiger partial charge is 0.380 e. The number of hydrogen-bond acceptors (Lipinski definition) is 3. The summed E-state index contributed by atoms with van der Waals surface area (Å²) in [6, 6.07) is 4.36. The first-order chi connectivity index (χ1) is 8.61. The number of anilines is 1. The van der Waals surface area contributed by atoms with Gasteiger partial charge in [-0.05, 0) is 48.1 Å². The summed E-state index contributed by atoms with van der Waals surface area (Å²) >= 11 is 3.54. The van der Waals surface area contributed by atoms with Crippen LogP contribution in [0.25, 0.3) is 11.0 Å². The van der Waals surface area contributed by atoms with E-state index in [1.165, 1.54) is 0 Å². The number of nitrogens with zero attached hydrogens (tertiary/aromatic N) is 1. The molecule has 0 radical (unpaired) electrons. The number of aromatic amines is 2. The summed E-state index contributed by atoms with van der Waals surface area (Å²) in [6.07, 6.45) is 1.14. The maximum absolute atomic E-state index is 11.2. The van der Waals surface area contributed by atoms with Gasteiger partial charge in [0, 0.05) is 17.1 Å². The summed E-state index contributed by atoms with van der Waals surface area (Å²) in [7, 11) is 2.13. The van der Waals surface area contributed by atoms with Gasteiger partial charge in [0.15, 0.2) is 0 Å². The van der Waals surface area contributed by atoms with E-state index in [1.54, 1.807) is 0 Å². The summed E-state index contributed by atoms with van der Waals surface area (Å²) in [4.78, 5) is 19.1. The van der Waals surface area contributed by atoms with E-state index < -0.39 is 0 Å². The molecule has 1 aromatic heterocycles. The van der Waals surface area contributed by atoms with Gasteiger partial charge in [0.1, 0.15) is 0 Å². The number of hydrogen-bond donors (Lipinski definition) is 3. The molecule has 0 bridgehead atoms. The van der Waals surface area contributed by atoms with Crippen LogP contribution >= 0.6 is 15.9 Å². The molecule has 2 heterocycles. The molecule has 1 aliphatic rings. The van der Waals surface area contributed by atoms with Crippen molar-refractivity contribution in [2.24, 2.45) is 0 Å². The first kappa shape index (κ1) is 11.8. The van der Waals surface area contributed by atoms with E-state index in [0.717, 1.165) is 40.7 Å². The van der Waals surface area contributed by atoms with Gasteiger partial charge >= 0.3 is 5.69 Å². The summed E-state index contributed by atoms with van der Waals surface area (Å²) in [6.45, 7) is 2.17. The number of likely N-dealkylation sites (tertiary alicyclic amines) is 1. The topological polar surface area (TPSA) is 63.9 Å². The van der Waals surface area contributed by atoms with E-state index in [9.17, 15) is 4.79 Å². The highest BCUT2D eigenvalue weighted by Crippen LogP contribution is 2.28. The third-order valence-corrected chi connectivity index (χ3v) is 4.01.